The number of rotatable bonds is 2. The van der Waals surface area contributed by atoms with Gasteiger partial charge in [0.2, 0.25) is 0 Å². The Balaban J connectivity index is 1.96. The summed E-state index contributed by atoms with van der Waals surface area (Å²) in [6.07, 6.45) is 1.75. The lowest BCUT2D eigenvalue weighted by Crippen LogP contribution is -2.25. The Morgan fingerprint density at radius 3 is 2.52 bits per heavy atom. The minimum atomic E-state index is -0.191. The Bertz CT molecular complexity index is 761. The van der Waals surface area contributed by atoms with E-state index in [0.29, 0.717) is 16.6 Å². The standard InChI is InChI=1S/C17H13ClN2O/c1-11-4-2-3-5-14(11)16-19-15(17(21)20-16)10-12-6-8-13(18)9-7-12/h2-10H,1H3,(H,19,20,21)/b15-10-. The lowest BCUT2D eigenvalue weighted by Gasteiger charge is -2.03. The average Bonchev–Trinajstić information content (AvgIpc) is 2.83. The number of halogens is 1. The van der Waals surface area contributed by atoms with Crippen LogP contribution in [0.25, 0.3) is 6.08 Å². The van der Waals surface area contributed by atoms with Crippen LogP contribution in [-0.4, -0.2) is 11.7 Å². The first kappa shape index (κ1) is 13.6. The van der Waals surface area contributed by atoms with Crippen LogP contribution in [0.3, 0.4) is 0 Å². The number of nitrogens with zero attached hydrogens (tertiary/aromatic N) is 1. The molecular formula is C17H13ClN2O. The number of amidine groups is 1. The molecule has 1 aliphatic heterocycles. The predicted molar refractivity (Wildman–Crippen MR) is 85.3 cm³/mol. The number of hydrogen-bond acceptors (Lipinski definition) is 2. The molecule has 0 saturated carbocycles. The molecule has 0 fully saturated rings. The molecule has 104 valence electrons. The van der Waals surface area contributed by atoms with Crippen molar-refractivity contribution in [2.45, 2.75) is 6.92 Å². The summed E-state index contributed by atoms with van der Waals surface area (Å²) in [7, 11) is 0. The first-order chi connectivity index (χ1) is 10.1. The van der Waals surface area contributed by atoms with Gasteiger partial charge in [0.1, 0.15) is 11.5 Å². The van der Waals surface area contributed by atoms with Gasteiger partial charge in [0.15, 0.2) is 0 Å². The van der Waals surface area contributed by atoms with Gasteiger partial charge < -0.3 is 5.32 Å². The zero-order valence-corrected chi connectivity index (χ0v) is 12.2. The molecule has 2 aromatic rings. The van der Waals surface area contributed by atoms with E-state index in [1.807, 2.05) is 43.3 Å². The molecule has 3 rings (SSSR count). The van der Waals surface area contributed by atoms with Crippen LogP contribution in [0.15, 0.2) is 59.2 Å². The fourth-order valence-corrected chi connectivity index (χ4v) is 2.28. The highest BCUT2D eigenvalue weighted by Gasteiger charge is 2.21. The summed E-state index contributed by atoms with van der Waals surface area (Å²) in [6.45, 7) is 1.99. The third-order valence-electron chi connectivity index (χ3n) is 3.27. The smallest absolute Gasteiger partial charge is 0.275 e. The highest BCUT2D eigenvalue weighted by molar-refractivity contribution is 6.30. The maximum Gasteiger partial charge on any atom is 0.275 e. The predicted octanol–water partition coefficient (Wildman–Crippen LogP) is 3.57. The molecule has 0 atom stereocenters. The Kier molecular flexibility index (Phi) is 3.59. The van der Waals surface area contributed by atoms with Crippen molar-refractivity contribution in [2.75, 3.05) is 0 Å². The van der Waals surface area contributed by atoms with Gasteiger partial charge in [-0.3, -0.25) is 4.79 Å². The summed E-state index contributed by atoms with van der Waals surface area (Å²) in [5.74, 6) is 0.404. The quantitative estimate of drug-likeness (QED) is 0.846. The molecule has 0 aliphatic carbocycles. The lowest BCUT2D eigenvalue weighted by molar-refractivity contribution is -0.115. The summed E-state index contributed by atoms with van der Waals surface area (Å²) in [5.41, 5.74) is 3.30. The number of benzene rings is 2. The van der Waals surface area contributed by atoms with Crippen molar-refractivity contribution >= 4 is 29.4 Å². The molecule has 1 amide bonds. The number of hydrogen-bond donors (Lipinski definition) is 1. The van der Waals surface area contributed by atoms with Gasteiger partial charge in [-0.15, -0.1) is 0 Å². The minimum Gasteiger partial charge on any atom is -0.305 e. The molecule has 0 bridgehead atoms. The molecule has 1 aliphatic rings. The van der Waals surface area contributed by atoms with Gasteiger partial charge in [0, 0.05) is 10.6 Å². The molecule has 21 heavy (non-hydrogen) atoms. The monoisotopic (exact) mass is 296 g/mol. The van der Waals surface area contributed by atoms with E-state index in [1.54, 1.807) is 18.2 Å². The topological polar surface area (TPSA) is 41.5 Å². The average molecular weight is 297 g/mol. The van der Waals surface area contributed by atoms with E-state index in [9.17, 15) is 4.79 Å². The van der Waals surface area contributed by atoms with Crippen LogP contribution in [0.1, 0.15) is 16.7 Å². The van der Waals surface area contributed by atoms with Gasteiger partial charge >= 0.3 is 0 Å². The fourth-order valence-electron chi connectivity index (χ4n) is 2.15. The summed E-state index contributed by atoms with van der Waals surface area (Å²) >= 11 is 5.85. The number of amides is 1. The normalized spacial score (nSPS) is 16.0. The highest BCUT2D eigenvalue weighted by atomic mass is 35.5. The molecule has 0 saturated heterocycles. The van der Waals surface area contributed by atoms with Crippen molar-refractivity contribution in [2.24, 2.45) is 4.99 Å². The van der Waals surface area contributed by atoms with Gasteiger partial charge in [-0.05, 0) is 36.3 Å². The maximum absolute atomic E-state index is 12.0. The molecule has 0 radical (unpaired) electrons. The highest BCUT2D eigenvalue weighted by Crippen LogP contribution is 2.18. The lowest BCUT2D eigenvalue weighted by atomic mass is 10.1. The number of aryl methyl sites for hydroxylation is 1. The van der Waals surface area contributed by atoms with Gasteiger partial charge in [-0.2, -0.15) is 0 Å². The van der Waals surface area contributed by atoms with E-state index in [4.69, 9.17) is 11.6 Å². The van der Waals surface area contributed by atoms with E-state index in [2.05, 4.69) is 10.3 Å². The number of carbonyl (C=O) groups excluding carboxylic acids is 1. The zero-order chi connectivity index (χ0) is 14.8. The van der Waals surface area contributed by atoms with Crippen LogP contribution in [0.4, 0.5) is 0 Å². The van der Waals surface area contributed by atoms with Crippen LogP contribution >= 0.6 is 11.6 Å². The molecule has 1 heterocycles. The van der Waals surface area contributed by atoms with E-state index >= 15 is 0 Å². The Labute approximate surface area is 128 Å². The second-order valence-electron chi connectivity index (χ2n) is 4.81. The van der Waals surface area contributed by atoms with E-state index in [-0.39, 0.29) is 5.91 Å². The third kappa shape index (κ3) is 2.88. The number of carbonyl (C=O) groups is 1. The number of aliphatic imine (C=N–C) groups is 1. The zero-order valence-electron chi connectivity index (χ0n) is 11.4. The molecule has 1 N–H and O–H groups in total. The molecule has 0 spiro atoms. The molecule has 4 heteroatoms. The van der Waals surface area contributed by atoms with Crippen molar-refractivity contribution in [3.8, 4) is 0 Å². The van der Waals surface area contributed by atoms with Crippen LogP contribution in [-0.2, 0) is 4.79 Å². The van der Waals surface area contributed by atoms with E-state index in [0.717, 1.165) is 16.7 Å². The summed E-state index contributed by atoms with van der Waals surface area (Å²) in [5, 5.41) is 3.47. The first-order valence-electron chi connectivity index (χ1n) is 6.57. The SMILES string of the molecule is Cc1ccccc1C1=N/C(=C\c2ccc(Cl)cc2)C(=O)N1. The van der Waals surface area contributed by atoms with E-state index in [1.165, 1.54) is 0 Å². The van der Waals surface area contributed by atoms with Crippen LogP contribution in [0.5, 0.6) is 0 Å². The molecule has 3 nitrogen and oxygen atoms in total. The second-order valence-corrected chi connectivity index (χ2v) is 5.25. The minimum absolute atomic E-state index is 0.191. The van der Waals surface area contributed by atoms with Crippen molar-refractivity contribution in [1.82, 2.24) is 5.32 Å². The largest absolute Gasteiger partial charge is 0.305 e. The second kappa shape index (κ2) is 5.54. The molecule has 0 unspecified atom stereocenters. The summed E-state index contributed by atoms with van der Waals surface area (Å²) in [6, 6.07) is 15.1. The van der Waals surface area contributed by atoms with Gasteiger partial charge in [-0.25, -0.2) is 4.99 Å². The third-order valence-corrected chi connectivity index (χ3v) is 3.52. The summed E-state index contributed by atoms with van der Waals surface area (Å²) < 4.78 is 0. The van der Waals surface area contributed by atoms with Crippen molar-refractivity contribution in [1.29, 1.82) is 0 Å². The number of nitrogens with one attached hydrogen (secondary N) is 1. The maximum atomic E-state index is 12.0. The molecule has 0 aromatic heterocycles. The van der Waals surface area contributed by atoms with Gasteiger partial charge in [0.05, 0.1) is 0 Å². The Hall–Kier alpha value is -2.39. The molecular weight excluding hydrogens is 284 g/mol. The molecule has 2 aromatic carbocycles. The fraction of sp³-hybridized carbons (Fsp3) is 0.0588. The van der Waals surface area contributed by atoms with Crippen molar-refractivity contribution < 1.29 is 4.79 Å². The van der Waals surface area contributed by atoms with Gasteiger partial charge in [0.25, 0.3) is 5.91 Å². The summed E-state index contributed by atoms with van der Waals surface area (Å²) in [4.78, 5) is 16.4. The first-order valence-corrected chi connectivity index (χ1v) is 6.94. The van der Waals surface area contributed by atoms with Crippen LogP contribution < -0.4 is 5.32 Å². The van der Waals surface area contributed by atoms with Crippen LogP contribution in [0.2, 0.25) is 5.02 Å². The van der Waals surface area contributed by atoms with Crippen molar-refractivity contribution in [3.05, 3.63) is 75.9 Å². The Morgan fingerprint density at radius 2 is 1.81 bits per heavy atom. The Morgan fingerprint density at radius 1 is 1.10 bits per heavy atom. The van der Waals surface area contributed by atoms with Gasteiger partial charge in [-0.1, -0.05) is 48.0 Å². The van der Waals surface area contributed by atoms with Crippen LogP contribution in [0, 0.1) is 6.92 Å². The van der Waals surface area contributed by atoms with E-state index < -0.39 is 0 Å². The van der Waals surface area contributed by atoms with Crippen molar-refractivity contribution in [3.63, 3.8) is 0 Å².